The first-order chi connectivity index (χ1) is 9.67. The summed E-state index contributed by atoms with van der Waals surface area (Å²) in [5.41, 5.74) is 1.35. The summed E-state index contributed by atoms with van der Waals surface area (Å²) in [6.07, 6.45) is 6.35. The van der Waals surface area contributed by atoms with Crippen LogP contribution in [0, 0.1) is 5.41 Å². The molecule has 1 amide bonds. The minimum atomic E-state index is -0.0767. The van der Waals surface area contributed by atoms with E-state index >= 15 is 0 Å². The van der Waals surface area contributed by atoms with Crippen LogP contribution in [-0.4, -0.2) is 17.8 Å². The number of hydrogen-bond acceptors (Lipinski definition) is 1. The molecule has 3 heteroatoms. The van der Waals surface area contributed by atoms with Gasteiger partial charge >= 0.3 is 0 Å². The van der Waals surface area contributed by atoms with Gasteiger partial charge in [-0.1, -0.05) is 65.5 Å². The first kappa shape index (κ1) is 15.6. The normalized spacial score (nSPS) is 19.3. The van der Waals surface area contributed by atoms with E-state index in [0.717, 1.165) is 17.4 Å². The molecule has 1 aliphatic carbocycles. The lowest BCUT2D eigenvalue weighted by Crippen LogP contribution is -2.41. The van der Waals surface area contributed by atoms with Crippen LogP contribution in [0.4, 0.5) is 0 Å². The molecule has 1 aromatic carbocycles. The predicted octanol–water partition coefficient (Wildman–Crippen LogP) is 4.25. The number of carbonyl (C=O) groups is 1. The van der Waals surface area contributed by atoms with E-state index in [2.05, 4.69) is 21.2 Å². The Morgan fingerprint density at radius 1 is 1.25 bits per heavy atom. The van der Waals surface area contributed by atoms with Crippen molar-refractivity contribution in [3.05, 3.63) is 35.9 Å². The van der Waals surface area contributed by atoms with Gasteiger partial charge < -0.3 is 5.32 Å². The second-order valence-electron chi connectivity index (χ2n) is 6.04. The van der Waals surface area contributed by atoms with Gasteiger partial charge in [0.05, 0.1) is 5.92 Å². The Kier molecular flexibility index (Phi) is 5.64. The van der Waals surface area contributed by atoms with Crippen LogP contribution in [0.3, 0.4) is 0 Å². The topological polar surface area (TPSA) is 29.1 Å². The highest BCUT2D eigenvalue weighted by molar-refractivity contribution is 9.09. The minimum absolute atomic E-state index is 0.0767. The number of rotatable bonds is 5. The van der Waals surface area contributed by atoms with Gasteiger partial charge in [0.2, 0.25) is 5.91 Å². The average molecular weight is 338 g/mol. The Morgan fingerprint density at radius 2 is 1.90 bits per heavy atom. The second-order valence-corrected chi connectivity index (χ2v) is 6.61. The van der Waals surface area contributed by atoms with Gasteiger partial charge in [-0.15, -0.1) is 0 Å². The van der Waals surface area contributed by atoms with Gasteiger partial charge in [-0.25, -0.2) is 0 Å². The first-order valence-electron chi connectivity index (χ1n) is 7.55. The number of nitrogens with one attached hydrogen (secondary N) is 1. The van der Waals surface area contributed by atoms with E-state index in [1.165, 1.54) is 32.1 Å². The molecule has 1 fully saturated rings. The van der Waals surface area contributed by atoms with Crippen LogP contribution in [-0.2, 0) is 4.79 Å². The molecule has 0 aromatic heterocycles. The van der Waals surface area contributed by atoms with E-state index in [-0.39, 0.29) is 17.2 Å². The summed E-state index contributed by atoms with van der Waals surface area (Å²) < 4.78 is 0. The SMILES string of the molecule is CC(C(=O)NCC1(CBr)CCCCC1)c1ccccc1. The van der Waals surface area contributed by atoms with Crippen molar-refractivity contribution in [2.45, 2.75) is 44.9 Å². The Labute approximate surface area is 130 Å². The molecule has 0 aliphatic heterocycles. The van der Waals surface area contributed by atoms with Gasteiger partial charge in [0, 0.05) is 11.9 Å². The Hall–Kier alpha value is -0.830. The molecule has 0 saturated heterocycles. The monoisotopic (exact) mass is 337 g/mol. The van der Waals surface area contributed by atoms with Crippen LogP contribution in [0.1, 0.15) is 50.5 Å². The number of halogens is 1. The van der Waals surface area contributed by atoms with Crippen LogP contribution < -0.4 is 5.32 Å². The summed E-state index contributed by atoms with van der Waals surface area (Å²) in [7, 11) is 0. The van der Waals surface area contributed by atoms with Crippen molar-refractivity contribution in [1.29, 1.82) is 0 Å². The van der Waals surface area contributed by atoms with E-state index in [4.69, 9.17) is 0 Å². The largest absolute Gasteiger partial charge is 0.355 e. The maximum Gasteiger partial charge on any atom is 0.227 e. The van der Waals surface area contributed by atoms with Gasteiger partial charge in [-0.05, 0) is 30.7 Å². The molecule has 1 unspecified atom stereocenters. The lowest BCUT2D eigenvalue weighted by molar-refractivity contribution is -0.122. The molecule has 20 heavy (non-hydrogen) atoms. The van der Waals surface area contributed by atoms with E-state index in [1.807, 2.05) is 37.3 Å². The second kappa shape index (κ2) is 7.26. The molecule has 1 aromatic rings. The van der Waals surface area contributed by atoms with Gasteiger partial charge in [0.25, 0.3) is 0 Å². The molecule has 110 valence electrons. The molecule has 2 rings (SSSR count). The first-order valence-corrected chi connectivity index (χ1v) is 8.68. The summed E-state index contributed by atoms with van der Waals surface area (Å²) in [6, 6.07) is 9.99. The minimum Gasteiger partial charge on any atom is -0.355 e. The molecular formula is C17H24BrNO. The third-order valence-electron chi connectivity index (χ3n) is 4.53. The van der Waals surface area contributed by atoms with Crippen molar-refractivity contribution in [1.82, 2.24) is 5.32 Å². The number of amides is 1. The molecular weight excluding hydrogens is 314 g/mol. The highest BCUT2D eigenvalue weighted by atomic mass is 79.9. The van der Waals surface area contributed by atoms with E-state index in [1.54, 1.807) is 0 Å². The van der Waals surface area contributed by atoms with Crippen molar-refractivity contribution in [3.63, 3.8) is 0 Å². The Morgan fingerprint density at radius 3 is 2.50 bits per heavy atom. The molecule has 1 saturated carbocycles. The van der Waals surface area contributed by atoms with Crippen molar-refractivity contribution in [2.75, 3.05) is 11.9 Å². The van der Waals surface area contributed by atoms with Crippen LogP contribution in [0.15, 0.2) is 30.3 Å². The molecule has 1 atom stereocenters. The van der Waals surface area contributed by atoms with Gasteiger partial charge in [-0.2, -0.15) is 0 Å². The van der Waals surface area contributed by atoms with E-state index < -0.39 is 0 Å². The summed E-state index contributed by atoms with van der Waals surface area (Å²) >= 11 is 3.65. The zero-order valence-electron chi connectivity index (χ0n) is 12.2. The van der Waals surface area contributed by atoms with Crippen molar-refractivity contribution < 1.29 is 4.79 Å². The van der Waals surface area contributed by atoms with Gasteiger partial charge in [0.15, 0.2) is 0 Å². The summed E-state index contributed by atoms with van der Waals surface area (Å²) in [4.78, 5) is 12.3. The van der Waals surface area contributed by atoms with Crippen LogP contribution >= 0.6 is 15.9 Å². The van der Waals surface area contributed by atoms with Crippen LogP contribution in [0.5, 0.6) is 0 Å². The van der Waals surface area contributed by atoms with Gasteiger partial charge in [-0.3, -0.25) is 4.79 Å². The smallest absolute Gasteiger partial charge is 0.227 e. The highest BCUT2D eigenvalue weighted by Gasteiger charge is 2.31. The fraction of sp³-hybridized carbons (Fsp3) is 0.588. The number of carbonyl (C=O) groups excluding carboxylic acids is 1. The predicted molar refractivity (Wildman–Crippen MR) is 87.2 cm³/mol. The fourth-order valence-electron chi connectivity index (χ4n) is 2.98. The Balaban J connectivity index is 1.91. The molecule has 0 bridgehead atoms. The maximum absolute atomic E-state index is 12.3. The summed E-state index contributed by atoms with van der Waals surface area (Å²) in [5, 5.41) is 4.16. The number of alkyl halides is 1. The highest BCUT2D eigenvalue weighted by Crippen LogP contribution is 2.37. The van der Waals surface area contributed by atoms with Crippen LogP contribution in [0.25, 0.3) is 0 Å². The fourth-order valence-corrected chi connectivity index (χ4v) is 3.74. The molecule has 1 aliphatic rings. The van der Waals surface area contributed by atoms with Gasteiger partial charge in [0.1, 0.15) is 0 Å². The molecule has 0 heterocycles. The molecule has 2 nitrogen and oxygen atoms in total. The standard InChI is InChI=1S/C17H24BrNO/c1-14(15-8-4-2-5-9-15)16(20)19-13-17(12-18)10-6-3-7-11-17/h2,4-5,8-9,14H,3,6-7,10-13H2,1H3,(H,19,20). The zero-order chi connectivity index (χ0) is 14.4. The molecule has 0 radical (unpaired) electrons. The third-order valence-corrected chi connectivity index (χ3v) is 5.72. The third kappa shape index (κ3) is 3.85. The summed E-state index contributed by atoms with van der Waals surface area (Å²) in [6.45, 7) is 2.78. The number of hydrogen-bond donors (Lipinski definition) is 1. The number of benzene rings is 1. The lowest BCUT2D eigenvalue weighted by Gasteiger charge is -2.36. The Bertz CT molecular complexity index is 426. The quantitative estimate of drug-likeness (QED) is 0.799. The zero-order valence-corrected chi connectivity index (χ0v) is 13.8. The molecule has 1 N–H and O–H groups in total. The lowest BCUT2D eigenvalue weighted by atomic mass is 9.75. The van der Waals surface area contributed by atoms with Crippen LogP contribution in [0.2, 0.25) is 0 Å². The summed E-state index contributed by atoms with van der Waals surface area (Å²) in [5.74, 6) is 0.0641. The van der Waals surface area contributed by atoms with Crippen molar-refractivity contribution >= 4 is 21.8 Å². The van der Waals surface area contributed by atoms with E-state index in [0.29, 0.717) is 0 Å². The average Bonchev–Trinajstić information content (AvgIpc) is 2.53. The van der Waals surface area contributed by atoms with E-state index in [9.17, 15) is 4.79 Å². The maximum atomic E-state index is 12.3. The molecule has 0 spiro atoms. The van der Waals surface area contributed by atoms with Crippen molar-refractivity contribution in [3.8, 4) is 0 Å². The van der Waals surface area contributed by atoms with Crippen molar-refractivity contribution in [2.24, 2.45) is 5.41 Å².